The standard InChI is InChI=1S/C16H26FNO/c1-5-6-7-14(18-12(2)3)10-13-8-9-16(19-4)15(17)11-13/h8-9,11-12,14,18H,5-7,10H2,1-4H3. The summed E-state index contributed by atoms with van der Waals surface area (Å²) < 4.78 is 18.6. The van der Waals surface area contributed by atoms with E-state index in [1.165, 1.54) is 20.0 Å². The second kappa shape index (κ2) is 8.16. The van der Waals surface area contributed by atoms with Crippen molar-refractivity contribution in [2.75, 3.05) is 7.11 Å². The molecule has 2 nitrogen and oxygen atoms in total. The molecule has 0 aliphatic rings. The van der Waals surface area contributed by atoms with E-state index in [0.717, 1.165) is 18.4 Å². The molecule has 0 heterocycles. The van der Waals surface area contributed by atoms with Crippen LogP contribution in [0.15, 0.2) is 18.2 Å². The van der Waals surface area contributed by atoms with Crippen LogP contribution in [0.3, 0.4) is 0 Å². The van der Waals surface area contributed by atoms with Crippen molar-refractivity contribution >= 4 is 0 Å². The third-order valence-electron chi connectivity index (χ3n) is 3.17. The van der Waals surface area contributed by atoms with Crippen molar-refractivity contribution in [3.63, 3.8) is 0 Å². The maximum absolute atomic E-state index is 13.7. The lowest BCUT2D eigenvalue weighted by Crippen LogP contribution is -2.36. The molecule has 1 N–H and O–H groups in total. The summed E-state index contributed by atoms with van der Waals surface area (Å²) in [5.74, 6) is 0.0319. The van der Waals surface area contributed by atoms with Crippen molar-refractivity contribution in [1.82, 2.24) is 5.32 Å². The smallest absolute Gasteiger partial charge is 0.165 e. The maximum atomic E-state index is 13.7. The number of ether oxygens (including phenoxy) is 1. The molecule has 1 rings (SSSR count). The Bertz CT molecular complexity index is 379. The molecule has 0 bridgehead atoms. The summed E-state index contributed by atoms with van der Waals surface area (Å²) in [6.45, 7) is 6.49. The number of halogens is 1. The Morgan fingerprint density at radius 3 is 2.58 bits per heavy atom. The summed E-state index contributed by atoms with van der Waals surface area (Å²) in [6, 6.07) is 6.09. The van der Waals surface area contributed by atoms with Crippen LogP contribution in [0.25, 0.3) is 0 Å². The van der Waals surface area contributed by atoms with E-state index in [4.69, 9.17) is 4.74 Å². The zero-order chi connectivity index (χ0) is 14.3. The molecular weight excluding hydrogens is 241 g/mol. The Kier molecular flexibility index (Phi) is 6.85. The number of benzene rings is 1. The molecule has 0 aliphatic heterocycles. The van der Waals surface area contributed by atoms with Gasteiger partial charge in [0.1, 0.15) is 0 Å². The molecule has 3 heteroatoms. The number of methoxy groups -OCH3 is 1. The van der Waals surface area contributed by atoms with E-state index in [0.29, 0.717) is 17.8 Å². The van der Waals surface area contributed by atoms with E-state index in [1.54, 1.807) is 12.1 Å². The first-order valence-electron chi connectivity index (χ1n) is 7.15. The van der Waals surface area contributed by atoms with Gasteiger partial charge < -0.3 is 10.1 Å². The second-order valence-electron chi connectivity index (χ2n) is 5.33. The largest absolute Gasteiger partial charge is 0.494 e. The van der Waals surface area contributed by atoms with E-state index < -0.39 is 0 Å². The predicted octanol–water partition coefficient (Wildman–Crippen LogP) is 3.93. The fraction of sp³-hybridized carbons (Fsp3) is 0.625. The molecule has 0 aromatic heterocycles. The van der Waals surface area contributed by atoms with Gasteiger partial charge in [0, 0.05) is 12.1 Å². The van der Waals surface area contributed by atoms with Gasteiger partial charge in [-0.1, -0.05) is 39.7 Å². The van der Waals surface area contributed by atoms with Crippen molar-refractivity contribution in [2.24, 2.45) is 0 Å². The predicted molar refractivity (Wildman–Crippen MR) is 78.2 cm³/mol. The Morgan fingerprint density at radius 1 is 1.32 bits per heavy atom. The zero-order valence-corrected chi connectivity index (χ0v) is 12.5. The minimum Gasteiger partial charge on any atom is -0.494 e. The van der Waals surface area contributed by atoms with Crippen molar-refractivity contribution in [3.8, 4) is 5.75 Å². The van der Waals surface area contributed by atoms with E-state index in [1.807, 2.05) is 6.07 Å². The van der Waals surface area contributed by atoms with Crippen LogP contribution >= 0.6 is 0 Å². The van der Waals surface area contributed by atoms with Crippen LogP contribution in [0.2, 0.25) is 0 Å². The van der Waals surface area contributed by atoms with Gasteiger partial charge in [-0.15, -0.1) is 0 Å². The topological polar surface area (TPSA) is 21.3 Å². The molecule has 0 spiro atoms. The third kappa shape index (κ3) is 5.60. The van der Waals surface area contributed by atoms with Gasteiger partial charge in [-0.05, 0) is 30.5 Å². The van der Waals surface area contributed by atoms with E-state index in [-0.39, 0.29) is 5.82 Å². The highest BCUT2D eigenvalue weighted by Gasteiger charge is 2.12. The first-order valence-corrected chi connectivity index (χ1v) is 7.15. The lowest BCUT2D eigenvalue weighted by Gasteiger charge is -2.21. The molecule has 1 unspecified atom stereocenters. The van der Waals surface area contributed by atoms with Crippen molar-refractivity contribution in [3.05, 3.63) is 29.6 Å². The molecule has 0 aliphatic carbocycles. The van der Waals surface area contributed by atoms with Crippen LogP contribution < -0.4 is 10.1 Å². The van der Waals surface area contributed by atoms with Gasteiger partial charge >= 0.3 is 0 Å². The van der Waals surface area contributed by atoms with E-state index in [9.17, 15) is 4.39 Å². The molecule has 0 fully saturated rings. The Hall–Kier alpha value is -1.09. The third-order valence-corrected chi connectivity index (χ3v) is 3.17. The summed E-state index contributed by atoms with van der Waals surface area (Å²) >= 11 is 0. The zero-order valence-electron chi connectivity index (χ0n) is 12.5. The summed E-state index contributed by atoms with van der Waals surface area (Å²) in [4.78, 5) is 0. The molecule has 108 valence electrons. The number of nitrogens with one attached hydrogen (secondary N) is 1. The molecular formula is C16H26FNO. The molecule has 1 aromatic rings. The Labute approximate surface area is 116 Å². The van der Waals surface area contributed by atoms with Crippen LogP contribution in [0.5, 0.6) is 5.75 Å². The minimum atomic E-state index is -0.279. The van der Waals surface area contributed by atoms with Gasteiger partial charge in [0.15, 0.2) is 11.6 Å². The number of hydrogen-bond acceptors (Lipinski definition) is 2. The highest BCUT2D eigenvalue weighted by molar-refractivity contribution is 5.29. The van der Waals surface area contributed by atoms with Crippen LogP contribution in [0.4, 0.5) is 4.39 Å². The van der Waals surface area contributed by atoms with Gasteiger partial charge in [0.05, 0.1) is 7.11 Å². The van der Waals surface area contributed by atoms with Crippen molar-refractivity contribution in [2.45, 2.75) is 58.5 Å². The Balaban J connectivity index is 2.69. The summed E-state index contributed by atoms with van der Waals surface area (Å²) in [5.41, 5.74) is 1.02. The molecule has 0 saturated heterocycles. The lowest BCUT2D eigenvalue weighted by atomic mass is 10.00. The SMILES string of the molecule is CCCCC(Cc1ccc(OC)c(F)c1)NC(C)C. The number of hydrogen-bond donors (Lipinski definition) is 1. The van der Waals surface area contributed by atoms with Crippen LogP contribution in [-0.4, -0.2) is 19.2 Å². The summed E-state index contributed by atoms with van der Waals surface area (Å²) in [5, 5.41) is 3.56. The fourth-order valence-corrected chi connectivity index (χ4v) is 2.29. The molecule has 0 radical (unpaired) electrons. The average molecular weight is 267 g/mol. The van der Waals surface area contributed by atoms with Gasteiger partial charge in [0.25, 0.3) is 0 Å². The first-order chi connectivity index (χ1) is 9.06. The second-order valence-corrected chi connectivity index (χ2v) is 5.33. The Morgan fingerprint density at radius 2 is 2.05 bits per heavy atom. The van der Waals surface area contributed by atoms with E-state index in [2.05, 4.69) is 26.1 Å². The van der Waals surface area contributed by atoms with Crippen molar-refractivity contribution in [1.29, 1.82) is 0 Å². The highest BCUT2D eigenvalue weighted by Crippen LogP contribution is 2.19. The van der Waals surface area contributed by atoms with Gasteiger partial charge in [-0.2, -0.15) is 0 Å². The van der Waals surface area contributed by atoms with Gasteiger partial charge in [0.2, 0.25) is 0 Å². The monoisotopic (exact) mass is 267 g/mol. The van der Waals surface area contributed by atoms with Crippen molar-refractivity contribution < 1.29 is 9.13 Å². The van der Waals surface area contributed by atoms with Crippen LogP contribution in [0.1, 0.15) is 45.6 Å². The molecule has 1 atom stereocenters. The minimum absolute atomic E-state index is 0.279. The summed E-state index contributed by atoms with van der Waals surface area (Å²) in [6.07, 6.45) is 4.37. The quantitative estimate of drug-likeness (QED) is 0.770. The van der Waals surface area contributed by atoms with Crippen LogP contribution in [-0.2, 0) is 6.42 Å². The number of rotatable bonds is 8. The average Bonchev–Trinajstić information content (AvgIpc) is 2.35. The number of unbranched alkanes of at least 4 members (excludes halogenated alkanes) is 1. The highest BCUT2D eigenvalue weighted by atomic mass is 19.1. The van der Waals surface area contributed by atoms with E-state index >= 15 is 0 Å². The normalized spacial score (nSPS) is 12.7. The summed E-state index contributed by atoms with van der Waals surface area (Å²) in [7, 11) is 1.49. The first kappa shape index (κ1) is 16.0. The molecule has 0 amide bonds. The molecule has 19 heavy (non-hydrogen) atoms. The van der Waals surface area contributed by atoms with Gasteiger partial charge in [-0.3, -0.25) is 0 Å². The van der Waals surface area contributed by atoms with Gasteiger partial charge in [-0.25, -0.2) is 4.39 Å². The maximum Gasteiger partial charge on any atom is 0.165 e. The molecule has 0 saturated carbocycles. The van der Waals surface area contributed by atoms with Crippen LogP contribution in [0, 0.1) is 5.82 Å². The molecule has 1 aromatic carbocycles. The lowest BCUT2D eigenvalue weighted by molar-refractivity contribution is 0.385. The fourth-order valence-electron chi connectivity index (χ4n) is 2.29.